The second-order valence-electron chi connectivity index (χ2n) is 8.58. The quantitative estimate of drug-likeness (QED) is 0.376. The molecule has 1 fully saturated rings. The summed E-state index contributed by atoms with van der Waals surface area (Å²) < 4.78 is 34.1. The van der Waals surface area contributed by atoms with Crippen LogP contribution in [0.4, 0.5) is 0 Å². The SMILES string of the molecule is CC[C@H](COCc1ccccc1)[C@H]1O[C@H](C(=O)O[C@@H]2C=CO[C@@H](C)[C@H]2OCOC)C[C@@H]1C. The van der Waals surface area contributed by atoms with E-state index in [-0.39, 0.29) is 36.8 Å². The van der Waals surface area contributed by atoms with Crippen molar-refractivity contribution in [1.82, 2.24) is 0 Å². The molecule has 0 unspecified atom stereocenters. The van der Waals surface area contributed by atoms with Crippen LogP contribution in [0.1, 0.15) is 39.2 Å². The predicted molar refractivity (Wildman–Crippen MR) is 119 cm³/mol. The van der Waals surface area contributed by atoms with Crippen molar-refractivity contribution >= 4 is 5.97 Å². The molecule has 1 aromatic carbocycles. The molecule has 1 aromatic rings. The number of hydrogen-bond acceptors (Lipinski definition) is 7. The second kappa shape index (κ2) is 12.3. The summed E-state index contributed by atoms with van der Waals surface area (Å²) in [6.07, 6.45) is 2.92. The molecule has 2 aliphatic rings. The number of rotatable bonds is 11. The van der Waals surface area contributed by atoms with Crippen molar-refractivity contribution < 1.29 is 33.2 Å². The summed E-state index contributed by atoms with van der Waals surface area (Å²) >= 11 is 0. The van der Waals surface area contributed by atoms with E-state index < -0.39 is 18.3 Å². The topological polar surface area (TPSA) is 72.5 Å². The monoisotopic (exact) mass is 448 g/mol. The lowest BCUT2D eigenvalue weighted by molar-refractivity contribution is -0.184. The highest BCUT2D eigenvalue weighted by atomic mass is 16.7. The van der Waals surface area contributed by atoms with Gasteiger partial charge in [-0.25, -0.2) is 4.79 Å². The van der Waals surface area contributed by atoms with Gasteiger partial charge >= 0.3 is 5.97 Å². The van der Waals surface area contributed by atoms with Crippen molar-refractivity contribution in [3.05, 3.63) is 48.2 Å². The van der Waals surface area contributed by atoms with Gasteiger partial charge in [-0.15, -0.1) is 0 Å². The number of ether oxygens (including phenoxy) is 6. The van der Waals surface area contributed by atoms with Gasteiger partial charge in [-0.2, -0.15) is 0 Å². The first-order valence-corrected chi connectivity index (χ1v) is 11.4. The van der Waals surface area contributed by atoms with Crippen LogP contribution in [-0.2, 0) is 39.8 Å². The number of hydrogen-bond donors (Lipinski definition) is 0. The third-order valence-electron chi connectivity index (χ3n) is 6.14. The van der Waals surface area contributed by atoms with Crippen molar-refractivity contribution in [2.45, 2.75) is 70.7 Å². The van der Waals surface area contributed by atoms with Gasteiger partial charge in [0, 0.05) is 13.0 Å². The van der Waals surface area contributed by atoms with Gasteiger partial charge in [-0.05, 0) is 37.3 Å². The zero-order valence-electron chi connectivity index (χ0n) is 19.5. The molecular weight excluding hydrogens is 412 g/mol. The highest BCUT2D eigenvalue weighted by Crippen LogP contribution is 2.34. The molecule has 32 heavy (non-hydrogen) atoms. The van der Waals surface area contributed by atoms with Gasteiger partial charge in [0.2, 0.25) is 0 Å². The Morgan fingerprint density at radius 3 is 2.72 bits per heavy atom. The highest BCUT2D eigenvalue weighted by Gasteiger charge is 2.42. The first-order valence-electron chi connectivity index (χ1n) is 11.4. The molecule has 2 heterocycles. The molecule has 0 radical (unpaired) electrons. The van der Waals surface area contributed by atoms with E-state index in [1.54, 1.807) is 19.4 Å². The minimum absolute atomic E-state index is 0.0435. The van der Waals surface area contributed by atoms with Crippen molar-refractivity contribution in [1.29, 1.82) is 0 Å². The molecule has 0 N–H and O–H groups in total. The molecule has 0 aromatic heterocycles. The fraction of sp³-hybridized carbons (Fsp3) is 0.640. The summed E-state index contributed by atoms with van der Waals surface area (Å²) in [6.45, 7) is 7.38. The van der Waals surface area contributed by atoms with Crippen LogP contribution in [0.3, 0.4) is 0 Å². The molecule has 3 rings (SSSR count). The molecule has 0 spiro atoms. The second-order valence-corrected chi connectivity index (χ2v) is 8.58. The first kappa shape index (κ1) is 24.7. The van der Waals surface area contributed by atoms with E-state index in [0.717, 1.165) is 12.0 Å². The lowest BCUT2D eigenvalue weighted by atomic mass is 9.90. The lowest BCUT2D eigenvalue weighted by Crippen LogP contribution is -2.44. The normalized spacial score (nSPS) is 30.6. The van der Waals surface area contributed by atoms with Crippen LogP contribution < -0.4 is 0 Å². The molecule has 7 atom stereocenters. The molecule has 1 saturated heterocycles. The minimum Gasteiger partial charge on any atom is -0.496 e. The average molecular weight is 449 g/mol. The number of carbonyl (C=O) groups is 1. The Morgan fingerprint density at radius 2 is 2.00 bits per heavy atom. The molecular formula is C25H36O7. The zero-order valence-corrected chi connectivity index (χ0v) is 19.5. The van der Waals surface area contributed by atoms with Crippen molar-refractivity contribution in [3.8, 4) is 0 Å². The fourth-order valence-electron chi connectivity index (χ4n) is 4.32. The van der Waals surface area contributed by atoms with Crippen LogP contribution in [0.15, 0.2) is 42.7 Å². The predicted octanol–water partition coefficient (Wildman–Crippen LogP) is 3.86. The zero-order chi connectivity index (χ0) is 22.9. The van der Waals surface area contributed by atoms with E-state index in [9.17, 15) is 4.79 Å². The Kier molecular flexibility index (Phi) is 9.53. The maximum absolute atomic E-state index is 12.9. The van der Waals surface area contributed by atoms with Crippen LogP contribution in [0.25, 0.3) is 0 Å². The van der Waals surface area contributed by atoms with Gasteiger partial charge in [0.15, 0.2) is 12.2 Å². The molecule has 0 bridgehead atoms. The number of esters is 1. The fourth-order valence-corrected chi connectivity index (χ4v) is 4.32. The van der Waals surface area contributed by atoms with Crippen LogP contribution in [0.2, 0.25) is 0 Å². The third-order valence-corrected chi connectivity index (χ3v) is 6.14. The van der Waals surface area contributed by atoms with Crippen LogP contribution in [0, 0.1) is 11.8 Å². The largest absolute Gasteiger partial charge is 0.496 e. The summed E-state index contributed by atoms with van der Waals surface area (Å²) in [5, 5.41) is 0. The third kappa shape index (κ3) is 6.54. The molecule has 7 heteroatoms. The molecule has 0 aliphatic carbocycles. The summed E-state index contributed by atoms with van der Waals surface area (Å²) in [6, 6.07) is 10.1. The first-order chi connectivity index (χ1) is 15.5. The van der Waals surface area contributed by atoms with Crippen molar-refractivity contribution in [2.75, 3.05) is 20.5 Å². The van der Waals surface area contributed by atoms with E-state index in [0.29, 0.717) is 19.6 Å². The van der Waals surface area contributed by atoms with Gasteiger partial charge in [-0.1, -0.05) is 44.2 Å². The van der Waals surface area contributed by atoms with Gasteiger partial charge in [0.1, 0.15) is 19.0 Å². The summed E-state index contributed by atoms with van der Waals surface area (Å²) in [4.78, 5) is 12.9. The summed E-state index contributed by atoms with van der Waals surface area (Å²) in [5.41, 5.74) is 1.15. The van der Waals surface area contributed by atoms with E-state index in [2.05, 4.69) is 26.0 Å². The van der Waals surface area contributed by atoms with Crippen molar-refractivity contribution in [2.24, 2.45) is 11.8 Å². The molecule has 178 valence electrons. The lowest BCUT2D eigenvalue weighted by Gasteiger charge is -2.32. The smallest absolute Gasteiger partial charge is 0.335 e. The Bertz CT molecular complexity index is 722. The highest BCUT2D eigenvalue weighted by molar-refractivity contribution is 5.75. The minimum atomic E-state index is -0.590. The Morgan fingerprint density at radius 1 is 1.22 bits per heavy atom. The number of methoxy groups -OCH3 is 1. The Balaban J connectivity index is 1.52. The Hall–Kier alpha value is -1.93. The Labute approximate surface area is 191 Å². The average Bonchev–Trinajstić information content (AvgIpc) is 3.18. The van der Waals surface area contributed by atoms with Gasteiger partial charge in [0.05, 0.1) is 25.6 Å². The summed E-state index contributed by atoms with van der Waals surface area (Å²) in [7, 11) is 1.55. The maximum Gasteiger partial charge on any atom is 0.335 e. The number of carbonyl (C=O) groups excluding carboxylic acids is 1. The van der Waals surface area contributed by atoms with Gasteiger partial charge < -0.3 is 28.4 Å². The van der Waals surface area contributed by atoms with E-state index in [1.165, 1.54) is 0 Å². The summed E-state index contributed by atoms with van der Waals surface area (Å²) in [5.74, 6) is 0.0870. The van der Waals surface area contributed by atoms with Crippen LogP contribution in [-0.4, -0.2) is 57.0 Å². The molecule has 0 amide bonds. The molecule has 0 saturated carbocycles. The van der Waals surface area contributed by atoms with E-state index in [1.807, 2.05) is 25.1 Å². The van der Waals surface area contributed by atoms with Crippen LogP contribution in [0.5, 0.6) is 0 Å². The van der Waals surface area contributed by atoms with Gasteiger partial charge in [0.25, 0.3) is 0 Å². The van der Waals surface area contributed by atoms with E-state index >= 15 is 0 Å². The number of benzene rings is 1. The van der Waals surface area contributed by atoms with Crippen molar-refractivity contribution in [3.63, 3.8) is 0 Å². The molecule has 7 nitrogen and oxygen atoms in total. The van der Waals surface area contributed by atoms with Crippen LogP contribution >= 0.6 is 0 Å². The van der Waals surface area contributed by atoms with Gasteiger partial charge in [-0.3, -0.25) is 0 Å². The standard InChI is InChI=1S/C25H36O7/c1-5-20(15-28-14-19-9-7-6-8-10-19)23-17(2)13-22(31-23)25(26)32-21-11-12-29-18(3)24(21)30-16-27-4/h6-12,17-18,20-24H,5,13-16H2,1-4H3/t17-,18-,20+,21+,22-,23-,24+/m0/s1. The molecule has 2 aliphatic heterocycles. The maximum atomic E-state index is 12.9. The van der Waals surface area contributed by atoms with E-state index in [4.69, 9.17) is 28.4 Å².